The molecule has 0 saturated heterocycles. The van der Waals surface area contributed by atoms with Crippen LogP contribution in [0.15, 0.2) is 24.3 Å². The van der Waals surface area contributed by atoms with Crippen molar-refractivity contribution in [2.75, 3.05) is 6.54 Å². The fraction of sp³-hybridized carbons (Fsp3) is 0.647. The zero-order chi connectivity index (χ0) is 14.4. The van der Waals surface area contributed by atoms with E-state index in [9.17, 15) is 9.50 Å². The monoisotopic (exact) mass is 279 g/mol. The molecule has 1 aliphatic carbocycles. The number of hydrogen-bond acceptors (Lipinski definition) is 2. The number of nitrogens with one attached hydrogen (secondary N) is 1. The number of aliphatic hydroxyl groups is 1. The van der Waals surface area contributed by atoms with E-state index in [1.165, 1.54) is 12.1 Å². The van der Waals surface area contributed by atoms with Crippen molar-refractivity contribution in [3.63, 3.8) is 0 Å². The number of aliphatic hydroxyl groups excluding tert-OH is 1. The Bertz CT molecular complexity index is 392. The van der Waals surface area contributed by atoms with Crippen molar-refractivity contribution in [2.24, 2.45) is 5.92 Å². The SMILES string of the molecule is CCCCC(NCC1CCCC1O)c1ccc(F)cc1. The Balaban J connectivity index is 1.94. The van der Waals surface area contributed by atoms with Gasteiger partial charge in [0.15, 0.2) is 0 Å². The first-order valence-corrected chi connectivity index (χ1v) is 7.87. The summed E-state index contributed by atoms with van der Waals surface area (Å²) in [6, 6.07) is 7.06. The molecular weight excluding hydrogens is 253 g/mol. The third-order valence-corrected chi connectivity index (χ3v) is 4.36. The maximum Gasteiger partial charge on any atom is 0.123 e. The van der Waals surface area contributed by atoms with Crippen LogP contribution in [0.25, 0.3) is 0 Å². The number of benzene rings is 1. The molecule has 0 radical (unpaired) electrons. The van der Waals surface area contributed by atoms with Gasteiger partial charge < -0.3 is 10.4 Å². The molecule has 0 spiro atoms. The Labute approximate surface area is 121 Å². The van der Waals surface area contributed by atoms with Crippen LogP contribution in [0.5, 0.6) is 0 Å². The molecule has 0 bridgehead atoms. The van der Waals surface area contributed by atoms with E-state index in [4.69, 9.17) is 0 Å². The second-order valence-electron chi connectivity index (χ2n) is 5.91. The first kappa shape index (κ1) is 15.5. The molecule has 3 heteroatoms. The van der Waals surface area contributed by atoms with E-state index in [1.807, 2.05) is 12.1 Å². The predicted octanol–water partition coefficient (Wildman–Crippen LogP) is 3.81. The maximum absolute atomic E-state index is 13.0. The third kappa shape index (κ3) is 4.29. The smallest absolute Gasteiger partial charge is 0.123 e. The van der Waals surface area contributed by atoms with Crippen LogP contribution in [-0.4, -0.2) is 17.8 Å². The second-order valence-corrected chi connectivity index (χ2v) is 5.91. The van der Waals surface area contributed by atoms with Gasteiger partial charge in [0.2, 0.25) is 0 Å². The number of halogens is 1. The molecule has 1 aromatic rings. The minimum atomic E-state index is -0.186. The highest BCUT2D eigenvalue weighted by molar-refractivity contribution is 5.19. The molecule has 1 saturated carbocycles. The molecule has 2 nitrogen and oxygen atoms in total. The second kappa shape index (κ2) is 7.75. The summed E-state index contributed by atoms with van der Waals surface area (Å²) in [7, 11) is 0. The summed E-state index contributed by atoms with van der Waals surface area (Å²) in [5.41, 5.74) is 1.15. The van der Waals surface area contributed by atoms with Crippen molar-refractivity contribution in [1.82, 2.24) is 5.32 Å². The van der Waals surface area contributed by atoms with Gasteiger partial charge in [0.25, 0.3) is 0 Å². The molecule has 1 aliphatic rings. The maximum atomic E-state index is 13.0. The summed E-state index contributed by atoms with van der Waals surface area (Å²) < 4.78 is 13.0. The lowest BCUT2D eigenvalue weighted by molar-refractivity contribution is 0.129. The Hall–Kier alpha value is -0.930. The van der Waals surface area contributed by atoms with E-state index in [0.29, 0.717) is 5.92 Å². The number of hydrogen-bond donors (Lipinski definition) is 2. The molecule has 3 unspecified atom stereocenters. The standard InChI is InChI=1S/C17H26FNO/c1-2-3-6-16(13-8-10-15(18)11-9-13)19-12-14-5-4-7-17(14)20/h8-11,14,16-17,19-20H,2-7,12H2,1H3. The summed E-state index contributed by atoms with van der Waals surface area (Å²) in [6.07, 6.45) is 6.39. The van der Waals surface area contributed by atoms with E-state index >= 15 is 0 Å². The highest BCUT2D eigenvalue weighted by Gasteiger charge is 2.25. The van der Waals surface area contributed by atoms with E-state index in [0.717, 1.165) is 50.6 Å². The topological polar surface area (TPSA) is 32.3 Å². The van der Waals surface area contributed by atoms with Gasteiger partial charge in [-0.2, -0.15) is 0 Å². The van der Waals surface area contributed by atoms with Crippen molar-refractivity contribution in [2.45, 2.75) is 57.6 Å². The molecule has 0 aliphatic heterocycles. The van der Waals surface area contributed by atoms with Crippen LogP contribution in [0.3, 0.4) is 0 Å². The molecule has 0 heterocycles. The summed E-state index contributed by atoms with van der Waals surface area (Å²) in [5, 5.41) is 13.5. The van der Waals surface area contributed by atoms with Gasteiger partial charge >= 0.3 is 0 Å². The lowest BCUT2D eigenvalue weighted by Crippen LogP contribution is -2.31. The molecule has 2 rings (SSSR count). The van der Waals surface area contributed by atoms with Crippen molar-refractivity contribution in [3.05, 3.63) is 35.6 Å². The van der Waals surface area contributed by atoms with Crippen LogP contribution in [-0.2, 0) is 0 Å². The molecule has 1 aromatic carbocycles. The van der Waals surface area contributed by atoms with Gasteiger partial charge in [-0.1, -0.05) is 38.3 Å². The first-order chi connectivity index (χ1) is 9.70. The minimum Gasteiger partial charge on any atom is -0.393 e. The minimum absolute atomic E-state index is 0.150. The predicted molar refractivity (Wildman–Crippen MR) is 80.0 cm³/mol. The summed E-state index contributed by atoms with van der Waals surface area (Å²) in [5.74, 6) is 0.189. The normalized spacial score (nSPS) is 23.9. The highest BCUT2D eigenvalue weighted by atomic mass is 19.1. The fourth-order valence-electron chi connectivity index (χ4n) is 3.04. The van der Waals surface area contributed by atoms with Crippen molar-refractivity contribution in [1.29, 1.82) is 0 Å². The Morgan fingerprint density at radius 3 is 2.65 bits per heavy atom. The van der Waals surface area contributed by atoms with E-state index in [2.05, 4.69) is 12.2 Å². The molecule has 0 aromatic heterocycles. The van der Waals surface area contributed by atoms with E-state index < -0.39 is 0 Å². The van der Waals surface area contributed by atoms with Gasteiger partial charge in [-0.05, 0) is 42.9 Å². The molecule has 3 atom stereocenters. The number of rotatable bonds is 7. The number of unbranched alkanes of at least 4 members (excludes halogenated alkanes) is 1. The first-order valence-electron chi connectivity index (χ1n) is 7.87. The molecule has 0 amide bonds. The largest absolute Gasteiger partial charge is 0.393 e. The van der Waals surface area contributed by atoms with Gasteiger partial charge in [-0.15, -0.1) is 0 Å². The van der Waals surface area contributed by atoms with Gasteiger partial charge in [0.1, 0.15) is 5.82 Å². The van der Waals surface area contributed by atoms with Crippen molar-refractivity contribution in [3.8, 4) is 0 Å². The van der Waals surface area contributed by atoms with Crippen molar-refractivity contribution >= 4 is 0 Å². The van der Waals surface area contributed by atoms with Crippen molar-refractivity contribution < 1.29 is 9.50 Å². The van der Waals surface area contributed by atoms with Crippen LogP contribution in [0, 0.1) is 11.7 Å². The van der Waals surface area contributed by atoms with Gasteiger partial charge in [0.05, 0.1) is 6.10 Å². The summed E-state index contributed by atoms with van der Waals surface area (Å²) in [4.78, 5) is 0. The van der Waals surface area contributed by atoms with Crippen LogP contribution in [0.1, 0.15) is 57.1 Å². The molecule has 2 N–H and O–H groups in total. The average Bonchev–Trinajstić information content (AvgIpc) is 2.86. The quantitative estimate of drug-likeness (QED) is 0.795. The summed E-state index contributed by atoms with van der Waals surface area (Å²) >= 11 is 0. The Morgan fingerprint density at radius 1 is 1.30 bits per heavy atom. The van der Waals surface area contributed by atoms with E-state index in [1.54, 1.807) is 0 Å². The average molecular weight is 279 g/mol. The Kier molecular flexibility index (Phi) is 5.99. The molecule has 20 heavy (non-hydrogen) atoms. The molecule has 112 valence electrons. The Morgan fingerprint density at radius 2 is 2.05 bits per heavy atom. The van der Waals surface area contributed by atoms with E-state index in [-0.39, 0.29) is 18.0 Å². The lowest BCUT2D eigenvalue weighted by atomic mass is 9.99. The van der Waals surface area contributed by atoms with Gasteiger partial charge in [0, 0.05) is 12.6 Å². The zero-order valence-corrected chi connectivity index (χ0v) is 12.3. The molecular formula is C17H26FNO. The van der Waals surface area contributed by atoms with Crippen LogP contribution in [0.4, 0.5) is 4.39 Å². The van der Waals surface area contributed by atoms with Crippen LogP contribution >= 0.6 is 0 Å². The van der Waals surface area contributed by atoms with Gasteiger partial charge in [-0.3, -0.25) is 0 Å². The van der Waals surface area contributed by atoms with Crippen LogP contribution < -0.4 is 5.32 Å². The zero-order valence-electron chi connectivity index (χ0n) is 12.3. The molecule has 1 fully saturated rings. The lowest BCUT2D eigenvalue weighted by Gasteiger charge is -2.23. The van der Waals surface area contributed by atoms with Crippen LogP contribution in [0.2, 0.25) is 0 Å². The highest BCUT2D eigenvalue weighted by Crippen LogP contribution is 2.26. The fourth-order valence-corrected chi connectivity index (χ4v) is 3.04. The third-order valence-electron chi connectivity index (χ3n) is 4.36. The summed E-state index contributed by atoms with van der Waals surface area (Å²) in [6.45, 7) is 3.04. The van der Waals surface area contributed by atoms with Gasteiger partial charge in [-0.25, -0.2) is 4.39 Å².